The summed E-state index contributed by atoms with van der Waals surface area (Å²) in [4.78, 5) is 0. The Kier molecular flexibility index (Phi) is 0.744. The third-order valence-electron chi connectivity index (χ3n) is 6.99. The first-order valence-corrected chi connectivity index (χ1v) is 6.22. The zero-order valence-corrected chi connectivity index (χ0v) is 9.07. The van der Waals surface area contributed by atoms with Crippen LogP contribution in [0.15, 0.2) is 0 Å². The summed E-state index contributed by atoms with van der Waals surface area (Å²) in [7, 11) is 0. The summed E-state index contributed by atoms with van der Waals surface area (Å²) in [6.07, 6.45) is 0. The van der Waals surface area contributed by atoms with Crippen LogP contribution in [0.4, 0.5) is 0 Å². The van der Waals surface area contributed by atoms with E-state index in [0.29, 0.717) is 0 Å². The lowest BCUT2D eigenvalue weighted by Gasteiger charge is -2.84. The van der Waals surface area contributed by atoms with Gasteiger partial charge < -0.3 is 5.11 Å². The van der Waals surface area contributed by atoms with Crippen molar-refractivity contribution >= 4 is 0 Å². The Bertz CT molecular complexity index is 320. The molecular formula is C13H18O. The van der Waals surface area contributed by atoms with E-state index in [0.717, 1.165) is 47.3 Å². The van der Waals surface area contributed by atoms with Crippen LogP contribution in [0.2, 0.25) is 0 Å². The molecule has 0 spiro atoms. The fourth-order valence-electron chi connectivity index (χ4n) is 6.81. The molecule has 0 amide bonds. The van der Waals surface area contributed by atoms with Gasteiger partial charge in [-0.2, -0.15) is 0 Å². The Morgan fingerprint density at radius 2 is 1.14 bits per heavy atom. The van der Waals surface area contributed by atoms with Gasteiger partial charge >= 0.3 is 0 Å². The fraction of sp³-hybridized carbons (Fsp3) is 1.00. The topological polar surface area (TPSA) is 20.2 Å². The first-order chi connectivity index (χ1) is 6.49. The summed E-state index contributed by atoms with van der Waals surface area (Å²) >= 11 is 0. The second-order valence-corrected chi connectivity index (χ2v) is 7.59. The summed E-state index contributed by atoms with van der Waals surface area (Å²) in [6, 6.07) is 0. The second kappa shape index (κ2) is 1.43. The first kappa shape index (κ1) is 7.27. The van der Waals surface area contributed by atoms with E-state index in [4.69, 9.17) is 0 Å². The lowest BCUT2D eigenvalue weighted by atomic mass is 9.20. The normalized spacial score (nSPS) is 79.7. The van der Waals surface area contributed by atoms with Crippen molar-refractivity contribution in [2.45, 2.75) is 26.4 Å². The third kappa shape index (κ3) is 0.340. The Hall–Kier alpha value is -0.0400. The molecule has 6 fully saturated rings. The van der Waals surface area contributed by atoms with Gasteiger partial charge in [0.25, 0.3) is 0 Å². The van der Waals surface area contributed by atoms with Crippen molar-refractivity contribution in [3.05, 3.63) is 0 Å². The molecule has 14 heavy (non-hydrogen) atoms. The van der Waals surface area contributed by atoms with Crippen LogP contribution < -0.4 is 0 Å². The highest BCUT2D eigenvalue weighted by Gasteiger charge is 2.97. The number of aliphatic hydroxyl groups is 1. The second-order valence-electron chi connectivity index (χ2n) is 7.59. The molecule has 1 N–H and O–H groups in total. The van der Waals surface area contributed by atoms with E-state index >= 15 is 0 Å². The highest BCUT2D eigenvalue weighted by molar-refractivity contribution is 5.44. The molecule has 0 aromatic carbocycles. The minimum atomic E-state index is -0.277. The highest BCUT2D eigenvalue weighted by Crippen LogP contribution is 2.97. The largest absolute Gasteiger partial charge is 0.389 e. The third-order valence-corrected chi connectivity index (χ3v) is 6.99. The van der Waals surface area contributed by atoms with Crippen molar-refractivity contribution in [2.75, 3.05) is 0 Å². The Balaban J connectivity index is 1.72. The lowest BCUT2D eigenvalue weighted by molar-refractivity contribution is -0.379. The van der Waals surface area contributed by atoms with Gasteiger partial charge in [-0.15, -0.1) is 0 Å². The fourth-order valence-corrected chi connectivity index (χ4v) is 6.81. The average molecular weight is 190 g/mol. The molecule has 76 valence electrons. The van der Waals surface area contributed by atoms with Crippen molar-refractivity contribution < 1.29 is 5.11 Å². The molecule has 6 rings (SSSR count). The first-order valence-electron chi connectivity index (χ1n) is 6.22. The van der Waals surface area contributed by atoms with Crippen LogP contribution in [0.5, 0.6) is 0 Å². The predicted molar refractivity (Wildman–Crippen MR) is 52.3 cm³/mol. The number of hydrogen-bond donors (Lipinski definition) is 1. The maximum atomic E-state index is 11.0. The molecule has 0 saturated heterocycles. The predicted octanol–water partition coefficient (Wildman–Crippen LogP) is 1.76. The van der Waals surface area contributed by atoms with Gasteiger partial charge in [-0.3, -0.25) is 0 Å². The molecule has 0 heterocycles. The number of rotatable bonds is 0. The van der Waals surface area contributed by atoms with Crippen LogP contribution in [-0.2, 0) is 0 Å². The molecule has 1 nitrogen and oxygen atoms in total. The zero-order chi connectivity index (χ0) is 9.62. The van der Waals surface area contributed by atoms with Crippen molar-refractivity contribution in [3.63, 3.8) is 0 Å². The molecule has 6 saturated carbocycles. The van der Waals surface area contributed by atoms with Gasteiger partial charge in [-0.1, -0.05) is 20.8 Å². The molecule has 0 aromatic rings. The van der Waals surface area contributed by atoms with Crippen molar-refractivity contribution in [1.29, 1.82) is 0 Å². The van der Waals surface area contributed by atoms with Crippen LogP contribution in [0.25, 0.3) is 0 Å². The van der Waals surface area contributed by atoms with E-state index in [9.17, 15) is 5.11 Å². The van der Waals surface area contributed by atoms with Gasteiger partial charge in [-0.25, -0.2) is 0 Å². The van der Waals surface area contributed by atoms with E-state index in [1.54, 1.807) is 0 Å². The minimum absolute atomic E-state index is 0.114. The molecule has 0 radical (unpaired) electrons. The summed E-state index contributed by atoms with van der Waals surface area (Å²) < 4.78 is 0. The van der Waals surface area contributed by atoms with Gasteiger partial charge in [0.15, 0.2) is 0 Å². The van der Waals surface area contributed by atoms with Gasteiger partial charge in [-0.05, 0) is 52.8 Å². The van der Waals surface area contributed by atoms with Gasteiger partial charge in [0.2, 0.25) is 0 Å². The van der Waals surface area contributed by atoms with Gasteiger partial charge in [0, 0.05) is 0 Å². The van der Waals surface area contributed by atoms with Crippen LogP contribution in [0, 0.1) is 52.8 Å². The van der Waals surface area contributed by atoms with E-state index in [2.05, 4.69) is 20.8 Å². The molecule has 2 bridgehead atoms. The lowest BCUT2D eigenvalue weighted by Crippen LogP contribution is -2.81. The Labute approximate surface area is 84.9 Å². The van der Waals surface area contributed by atoms with Crippen LogP contribution in [0.1, 0.15) is 20.8 Å². The highest BCUT2D eigenvalue weighted by atomic mass is 16.3. The maximum absolute atomic E-state index is 11.0. The molecular weight excluding hydrogens is 172 g/mol. The molecule has 6 aliphatic carbocycles. The standard InChI is InChI=1S/C13H18O/c1-12(2,3)13(14)10-6-4-5-8(6)11(13)9(5)7(4)10/h4-11,14H,1-3H3/t4?,5?,6-,7+,8+,9-,10?,11?,13?. The Morgan fingerprint density at radius 1 is 0.786 bits per heavy atom. The summed E-state index contributed by atoms with van der Waals surface area (Å²) in [5.74, 6) is 7.54. The van der Waals surface area contributed by atoms with E-state index in [1.165, 1.54) is 0 Å². The number of hydrogen-bond acceptors (Lipinski definition) is 1. The summed E-state index contributed by atoms with van der Waals surface area (Å²) in [5, 5.41) is 11.0. The smallest absolute Gasteiger partial charge is 0.0763 e. The maximum Gasteiger partial charge on any atom is 0.0763 e. The Morgan fingerprint density at radius 3 is 1.43 bits per heavy atom. The van der Waals surface area contributed by atoms with E-state index < -0.39 is 0 Å². The van der Waals surface area contributed by atoms with Crippen LogP contribution in [-0.4, -0.2) is 10.7 Å². The molecule has 1 heteroatoms. The molecule has 4 unspecified atom stereocenters. The monoisotopic (exact) mass is 190 g/mol. The van der Waals surface area contributed by atoms with Crippen LogP contribution >= 0.6 is 0 Å². The van der Waals surface area contributed by atoms with Crippen molar-refractivity contribution in [2.24, 2.45) is 52.8 Å². The van der Waals surface area contributed by atoms with E-state index in [1.807, 2.05) is 0 Å². The van der Waals surface area contributed by atoms with Gasteiger partial charge in [0.1, 0.15) is 0 Å². The molecule has 6 aliphatic rings. The zero-order valence-electron chi connectivity index (χ0n) is 9.07. The van der Waals surface area contributed by atoms with E-state index in [-0.39, 0.29) is 11.0 Å². The molecule has 0 aromatic heterocycles. The average Bonchev–Trinajstić information content (AvgIpc) is 2.29. The van der Waals surface area contributed by atoms with Crippen molar-refractivity contribution in [3.8, 4) is 0 Å². The van der Waals surface area contributed by atoms with Crippen LogP contribution in [0.3, 0.4) is 0 Å². The quantitative estimate of drug-likeness (QED) is 0.617. The van der Waals surface area contributed by atoms with Gasteiger partial charge in [0.05, 0.1) is 5.60 Å². The van der Waals surface area contributed by atoms with Crippen molar-refractivity contribution in [1.82, 2.24) is 0 Å². The SMILES string of the molecule is CC(C)(C)C1(O)C2[C@H]3C4C5[C@H](C1[C@H]53)[C@@H]42. The molecule has 0 aliphatic heterocycles. The minimum Gasteiger partial charge on any atom is -0.389 e. The molecule has 8 atom stereocenters. The summed E-state index contributed by atoms with van der Waals surface area (Å²) in [6.45, 7) is 6.74. The summed E-state index contributed by atoms with van der Waals surface area (Å²) in [5.41, 5.74) is -0.163.